The monoisotopic (exact) mass is 239 g/mol. The fourth-order valence-electron chi connectivity index (χ4n) is 2.25. The topological polar surface area (TPSA) is 40.5 Å². The molecule has 1 N–H and O–H groups in total. The Kier molecular flexibility index (Phi) is 3.17. The summed E-state index contributed by atoms with van der Waals surface area (Å²) in [6, 6.07) is 7.82. The van der Waals surface area contributed by atoms with E-state index in [4.69, 9.17) is 16.7 Å². The van der Waals surface area contributed by atoms with E-state index in [1.807, 2.05) is 31.3 Å². The van der Waals surface area contributed by atoms with E-state index in [0.717, 1.165) is 5.56 Å². The van der Waals surface area contributed by atoms with Gasteiger partial charge in [0.2, 0.25) is 0 Å². The molecule has 1 fully saturated rings. The number of aliphatic carboxylic acids is 1. The van der Waals surface area contributed by atoms with E-state index in [2.05, 4.69) is 4.90 Å². The van der Waals surface area contributed by atoms with Crippen LogP contribution in [0.1, 0.15) is 18.0 Å². The summed E-state index contributed by atoms with van der Waals surface area (Å²) in [7, 11) is 1.96. The van der Waals surface area contributed by atoms with Gasteiger partial charge in [0.1, 0.15) is 0 Å². The van der Waals surface area contributed by atoms with Crippen LogP contribution in [-0.4, -0.2) is 29.6 Å². The smallest absolute Gasteiger partial charge is 0.307 e. The Morgan fingerprint density at radius 2 is 2.06 bits per heavy atom. The summed E-state index contributed by atoms with van der Waals surface area (Å²) in [5.41, 5.74) is 1.13. The highest BCUT2D eigenvalue weighted by Gasteiger charge is 2.34. The van der Waals surface area contributed by atoms with Crippen LogP contribution in [0.15, 0.2) is 24.3 Å². The second-order valence-electron chi connectivity index (χ2n) is 4.28. The molecular weight excluding hydrogens is 226 g/mol. The van der Waals surface area contributed by atoms with Gasteiger partial charge in [-0.3, -0.25) is 9.69 Å². The van der Waals surface area contributed by atoms with Crippen molar-refractivity contribution in [1.29, 1.82) is 0 Å². The van der Waals surface area contributed by atoms with Gasteiger partial charge in [-0.15, -0.1) is 0 Å². The highest BCUT2D eigenvalue weighted by atomic mass is 35.5. The Balaban J connectivity index is 2.16. The zero-order chi connectivity index (χ0) is 11.7. The molecule has 2 atom stereocenters. The van der Waals surface area contributed by atoms with Crippen LogP contribution in [0.3, 0.4) is 0 Å². The minimum atomic E-state index is -0.705. The first-order valence-corrected chi connectivity index (χ1v) is 5.64. The van der Waals surface area contributed by atoms with E-state index in [1.165, 1.54) is 0 Å². The molecule has 2 unspecified atom stereocenters. The van der Waals surface area contributed by atoms with Crippen molar-refractivity contribution in [2.75, 3.05) is 13.6 Å². The predicted molar refractivity (Wildman–Crippen MR) is 62.6 cm³/mol. The van der Waals surface area contributed by atoms with Crippen molar-refractivity contribution in [1.82, 2.24) is 4.90 Å². The molecule has 0 aromatic heterocycles. The maximum Gasteiger partial charge on any atom is 0.307 e. The largest absolute Gasteiger partial charge is 0.481 e. The third kappa shape index (κ3) is 2.20. The maximum absolute atomic E-state index is 10.9. The summed E-state index contributed by atoms with van der Waals surface area (Å²) in [5, 5.41) is 9.70. The molecular formula is C12H14ClNO2. The minimum Gasteiger partial charge on any atom is -0.481 e. The molecule has 16 heavy (non-hydrogen) atoms. The van der Waals surface area contributed by atoms with Gasteiger partial charge in [-0.2, -0.15) is 0 Å². The molecule has 1 aromatic rings. The number of halogens is 1. The lowest BCUT2D eigenvalue weighted by molar-refractivity contribution is -0.141. The van der Waals surface area contributed by atoms with Crippen LogP contribution in [0.2, 0.25) is 5.02 Å². The van der Waals surface area contributed by atoms with Crippen molar-refractivity contribution < 1.29 is 9.90 Å². The molecule has 0 radical (unpaired) electrons. The molecule has 0 aliphatic carbocycles. The summed E-state index contributed by atoms with van der Waals surface area (Å²) in [4.78, 5) is 13.0. The van der Waals surface area contributed by atoms with Crippen LogP contribution < -0.4 is 0 Å². The number of carboxylic acid groups (broad SMARTS) is 1. The lowest BCUT2D eigenvalue weighted by atomic mass is 10.0. The third-order valence-corrected chi connectivity index (χ3v) is 3.40. The highest BCUT2D eigenvalue weighted by molar-refractivity contribution is 6.30. The number of rotatable bonds is 2. The Morgan fingerprint density at radius 3 is 2.56 bits per heavy atom. The van der Waals surface area contributed by atoms with Crippen molar-refractivity contribution in [3.63, 3.8) is 0 Å². The number of carbonyl (C=O) groups is 1. The summed E-state index contributed by atoms with van der Waals surface area (Å²) >= 11 is 5.83. The molecule has 0 saturated carbocycles. The molecule has 1 aliphatic heterocycles. The first-order valence-electron chi connectivity index (χ1n) is 5.26. The molecule has 0 amide bonds. The van der Waals surface area contributed by atoms with Gasteiger partial charge in [0.15, 0.2) is 0 Å². The molecule has 0 spiro atoms. The molecule has 0 bridgehead atoms. The van der Waals surface area contributed by atoms with E-state index in [-0.39, 0.29) is 12.0 Å². The van der Waals surface area contributed by atoms with E-state index < -0.39 is 5.97 Å². The fraction of sp³-hybridized carbons (Fsp3) is 0.417. The fourth-order valence-corrected chi connectivity index (χ4v) is 2.38. The molecule has 1 aliphatic rings. The van der Waals surface area contributed by atoms with E-state index >= 15 is 0 Å². The maximum atomic E-state index is 10.9. The first-order chi connectivity index (χ1) is 7.58. The standard InChI is InChI=1S/C12H14ClNO2/c1-14-7-9(12(15)16)6-11(14)8-2-4-10(13)5-3-8/h2-5,9,11H,6-7H2,1H3,(H,15,16). The quantitative estimate of drug-likeness (QED) is 0.862. The van der Waals surface area contributed by atoms with Crippen LogP contribution in [0.25, 0.3) is 0 Å². The van der Waals surface area contributed by atoms with Gasteiger partial charge in [-0.25, -0.2) is 0 Å². The molecule has 1 heterocycles. The van der Waals surface area contributed by atoms with Crippen molar-refractivity contribution in [2.45, 2.75) is 12.5 Å². The second kappa shape index (κ2) is 4.44. The van der Waals surface area contributed by atoms with Crippen molar-refractivity contribution >= 4 is 17.6 Å². The highest BCUT2D eigenvalue weighted by Crippen LogP contribution is 2.34. The predicted octanol–water partition coefficient (Wildman–Crippen LogP) is 2.42. The van der Waals surface area contributed by atoms with Crippen LogP contribution in [0, 0.1) is 5.92 Å². The number of carboxylic acids is 1. The average Bonchev–Trinajstić information content (AvgIpc) is 2.62. The second-order valence-corrected chi connectivity index (χ2v) is 4.71. The number of likely N-dealkylation sites (tertiary alicyclic amines) is 1. The summed E-state index contributed by atoms with van der Waals surface area (Å²) < 4.78 is 0. The minimum absolute atomic E-state index is 0.193. The van der Waals surface area contributed by atoms with Gasteiger partial charge in [0.05, 0.1) is 5.92 Å². The molecule has 2 rings (SSSR count). The van der Waals surface area contributed by atoms with Crippen molar-refractivity contribution in [3.05, 3.63) is 34.9 Å². The van der Waals surface area contributed by atoms with Crippen molar-refractivity contribution in [2.24, 2.45) is 5.92 Å². The molecule has 4 heteroatoms. The van der Waals surface area contributed by atoms with E-state index in [0.29, 0.717) is 18.0 Å². The summed E-state index contributed by atoms with van der Waals surface area (Å²) in [6.45, 7) is 0.614. The van der Waals surface area contributed by atoms with Gasteiger partial charge in [-0.05, 0) is 31.2 Å². The molecule has 1 saturated heterocycles. The Bertz CT molecular complexity index is 391. The number of hydrogen-bond acceptors (Lipinski definition) is 2. The Morgan fingerprint density at radius 1 is 1.44 bits per heavy atom. The van der Waals surface area contributed by atoms with E-state index in [9.17, 15) is 4.79 Å². The zero-order valence-corrected chi connectivity index (χ0v) is 9.81. The molecule has 3 nitrogen and oxygen atoms in total. The van der Waals surface area contributed by atoms with Gasteiger partial charge in [-0.1, -0.05) is 23.7 Å². The first kappa shape index (κ1) is 11.4. The number of nitrogens with zero attached hydrogens (tertiary/aromatic N) is 1. The SMILES string of the molecule is CN1CC(C(=O)O)CC1c1ccc(Cl)cc1. The van der Waals surface area contributed by atoms with Crippen LogP contribution in [-0.2, 0) is 4.79 Å². The van der Waals surface area contributed by atoms with Crippen LogP contribution >= 0.6 is 11.6 Å². The van der Waals surface area contributed by atoms with Gasteiger partial charge < -0.3 is 5.11 Å². The molecule has 1 aromatic carbocycles. The zero-order valence-electron chi connectivity index (χ0n) is 9.06. The Hall–Kier alpha value is -1.06. The van der Waals surface area contributed by atoms with Gasteiger partial charge >= 0.3 is 5.97 Å². The van der Waals surface area contributed by atoms with E-state index in [1.54, 1.807) is 0 Å². The normalized spacial score (nSPS) is 25.9. The lowest BCUT2D eigenvalue weighted by Crippen LogP contribution is -2.20. The summed E-state index contributed by atoms with van der Waals surface area (Å²) in [6.07, 6.45) is 0.674. The van der Waals surface area contributed by atoms with Gasteiger partial charge in [0, 0.05) is 17.6 Å². The Labute approximate surface area is 99.6 Å². The van der Waals surface area contributed by atoms with Crippen LogP contribution in [0.5, 0.6) is 0 Å². The summed E-state index contributed by atoms with van der Waals surface area (Å²) in [5.74, 6) is -0.964. The number of hydrogen-bond donors (Lipinski definition) is 1. The average molecular weight is 240 g/mol. The lowest BCUT2D eigenvalue weighted by Gasteiger charge is -2.19. The number of benzene rings is 1. The molecule has 86 valence electrons. The van der Waals surface area contributed by atoms with Gasteiger partial charge in [0.25, 0.3) is 0 Å². The van der Waals surface area contributed by atoms with Crippen LogP contribution in [0.4, 0.5) is 0 Å². The third-order valence-electron chi connectivity index (χ3n) is 3.15. The van der Waals surface area contributed by atoms with Crippen molar-refractivity contribution in [3.8, 4) is 0 Å².